The third-order valence-corrected chi connectivity index (χ3v) is 5.91. The number of ether oxygens (including phenoxy) is 1. The average Bonchev–Trinajstić information content (AvgIpc) is 3.32. The van der Waals surface area contributed by atoms with Gasteiger partial charge in [0.05, 0.1) is 31.5 Å². The Labute approximate surface area is 166 Å². The second-order valence-electron chi connectivity index (χ2n) is 8.07. The van der Waals surface area contributed by atoms with Crippen LogP contribution in [0.1, 0.15) is 35.8 Å². The molecule has 1 aromatic carbocycles. The molecule has 1 amide bonds. The fraction of sp³-hybridized carbons (Fsp3) is 0.545. The lowest BCUT2D eigenvalue weighted by molar-refractivity contribution is -0.123. The van der Waals surface area contributed by atoms with Crippen LogP contribution >= 0.6 is 0 Å². The van der Waals surface area contributed by atoms with Crippen molar-refractivity contribution >= 4 is 5.91 Å². The van der Waals surface area contributed by atoms with Gasteiger partial charge in [-0.2, -0.15) is 0 Å². The van der Waals surface area contributed by atoms with Gasteiger partial charge in [0.25, 0.3) is 0 Å². The number of aromatic nitrogens is 1. The van der Waals surface area contributed by atoms with Crippen LogP contribution in [0.4, 0.5) is 0 Å². The molecule has 1 N–H and O–H groups in total. The van der Waals surface area contributed by atoms with Gasteiger partial charge in [-0.15, -0.1) is 0 Å². The molecule has 2 aromatic rings. The summed E-state index contributed by atoms with van der Waals surface area (Å²) in [7, 11) is 0. The van der Waals surface area contributed by atoms with E-state index < -0.39 is 0 Å². The number of amides is 1. The van der Waals surface area contributed by atoms with Crippen molar-refractivity contribution < 1.29 is 14.1 Å². The van der Waals surface area contributed by atoms with Gasteiger partial charge in [-0.1, -0.05) is 35.5 Å². The number of nitrogens with one attached hydrogen (secondary N) is 1. The summed E-state index contributed by atoms with van der Waals surface area (Å²) in [4.78, 5) is 14.8. The van der Waals surface area contributed by atoms with Crippen LogP contribution in [0.3, 0.4) is 0 Å². The Hall–Kier alpha value is -2.18. The van der Waals surface area contributed by atoms with E-state index in [1.54, 1.807) is 0 Å². The van der Waals surface area contributed by atoms with Crippen molar-refractivity contribution in [2.24, 2.45) is 5.92 Å². The molecule has 4 rings (SSSR count). The van der Waals surface area contributed by atoms with Crippen molar-refractivity contribution in [3.63, 3.8) is 0 Å². The molecular weight excluding hydrogens is 354 g/mol. The van der Waals surface area contributed by atoms with Crippen molar-refractivity contribution in [3.05, 3.63) is 53.4 Å². The standard InChI is InChI=1S/C22H29N3O3/c1-16-11-20(28-24-16)12-19-14-27-15-21(19)23-22(26)13-25-9-7-18(8-10-25)17-5-3-2-4-6-17/h2-6,11,18-19,21H,7-10,12-15H2,1H3,(H,23,26)/t19-,21+/m1/s1. The maximum absolute atomic E-state index is 12.6. The van der Waals surface area contributed by atoms with Crippen LogP contribution in [0, 0.1) is 12.8 Å². The van der Waals surface area contributed by atoms with Crippen molar-refractivity contribution in [2.45, 2.75) is 38.1 Å². The highest BCUT2D eigenvalue weighted by atomic mass is 16.5. The van der Waals surface area contributed by atoms with Crippen LogP contribution in [0.2, 0.25) is 0 Å². The Kier molecular flexibility index (Phi) is 6.07. The molecule has 150 valence electrons. The summed E-state index contributed by atoms with van der Waals surface area (Å²) in [5.41, 5.74) is 2.30. The van der Waals surface area contributed by atoms with Crippen molar-refractivity contribution in [1.29, 1.82) is 0 Å². The van der Waals surface area contributed by atoms with Crippen molar-refractivity contribution in [2.75, 3.05) is 32.8 Å². The fourth-order valence-electron chi connectivity index (χ4n) is 4.34. The zero-order valence-electron chi connectivity index (χ0n) is 16.5. The molecule has 0 aliphatic carbocycles. The van der Waals surface area contributed by atoms with Crippen LogP contribution < -0.4 is 5.32 Å². The lowest BCUT2D eigenvalue weighted by atomic mass is 9.89. The van der Waals surface area contributed by atoms with Crippen LogP contribution in [0.5, 0.6) is 0 Å². The third-order valence-electron chi connectivity index (χ3n) is 5.91. The summed E-state index contributed by atoms with van der Waals surface area (Å²) in [5.74, 6) is 1.79. The molecule has 6 nitrogen and oxygen atoms in total. The molecule has 2 saturated heterocycles. The van der Waals surface area contributed by atoms with Gasteiger partial charge in [0.2, 0.25) is 5.91 Å². The van der Waals surface area contributed by atoms with Crippen LogP contribution in [0.15, 0.2) is 40.9 Å². The van der Waals surface area contributed by atoms with E-state index in [0.29, 0.717) is 25.7 Å². The minimum atomic E-state index is 0.0414. The van der Waals surface area contributed by atoms with E-state index in [-0.39, 0.29) is 17.9 Å². The number of hydrogen-bond donors (Lipinski definition) is 1. The van der Waals surface area contributed by atoms with Gasteiger partial charge < -0.3 is 14.6 Å². The maximum atomic E-state index is 12.6. The molecule has 2 aliphatic rings. The second kappa shape index (κ2) is 8.88. The Bertz CT molecular complexity index is 768. The number of rotatable bonds is 6. The van der Waals surface area contributed by atoms with Gasteiger partial charge in [-0.3, -0.25) is 9.69 Å². The SMILES string of the molecule is Cc1cc(C[C@@H]2COC[C@@H]2NC(=O)CN2CCC(c3ccccc3)CC2)on1. The first-order chi connectivity index (χ1) is 13.7. The highest BCUT2D eigenvalue weighted by molar-refractivity contribution is 5.78. The highest BCUT2D eigenvalue weighted by Crippen LogP contribution is 2.27. The van der Waals surface area contributed by atoms with Crippen LogP contribution in [-0.2, 0) is 16.0 Å². The summed E-state index contributed by atoms with van der Waals surface area (Å²) < 4.78 is 10.9. The Balaban J connectivity index is 1.23. The van der Waals surface area contributed by atoms with E-state index in [2.05, 4.69) is 45.7 Å². The zero-order valence-corrected chi connectivity index (χ0v) is 16.5. The molecule has 0 unspecified atom stereocenters. The maximum Gasteiger partial charge on any atom is 0.234 e. The first kappa shape index (κ1) is 19.2. The van der Waals surface area contributed by atoms with Gasteiger partial charge >= 0.3 is 0 Å². The molecule has 0 radical (unpaired) electrons. The molecule has 2 atom stereocenters. The molecule has 0 saturated carbocycles. The van der Waals surface area contributed by atoms with Crippen LogP contribution in [0.25, 0.3) is 0 Å². The molecule has 28 heavy (non-hydrogen) atoms. The van der Waals surface area contributed by atoms with Gasteiger partial charge in [-0.05, 0) is 44.3 Å². The van der Waals surface area contributed by atoms with E-state index in [4.69, 9.17) is 9.26 Å². The second-order valence-corrected chi connectivity index (χ2v) is 8.07. The van der Waals surface area contributed by atoms with Gasteiger partial charge in [-0.25, -0.2) is 0 Å². The number of hydrogen-bond acceptors (Lipinski definition) is 5. The Morgan fingerprint density at radius 3 is 2.71 bits per heavy atom. The number of nitrogens with zero attached hydrogens (tertiary/aromatic N) is 2. The number of piperidine rings is 1. The number of likely N-dealkylation sites (tertiary alicyclic amines) is 1. The summed E-state index contributed by atoms with van der Waals surface area (Å²) in [5, 5.41) is 7.12. The van der Waals surface area contributed by atoms with E-state index in [9.17, 15) is 4.79 Å². The molecule has 0 bridgehead atoms. The number of aryl methyl sites for hydroxylation is 1. The number of benzene rings is 1. The molecule has 0 spiro atoms. The fourth-order valence-corrected chi connectivity index (χ4v) is 4.34. The smallest absolute Gasteiger partial charge is 0.234 e. The first-order valence-corrected chi connectivity index (χ1v) is 10.2. The average molecular weight is 383 g/mol. The molecular formula is C22H29N3O3. The molecule has 3 heterocycles. The lowest BCUT2D eigenvalue weighted by Gasteiger charge is -2.32. The minimum Gasteiger partial charge on any atom is -0.379 e. The van der Waals surface area contributed by atoms with Crippen molar-refractivity contribution in [3.8, 4) is 0 Å². The first-order valence-electron chi connectivity index (χ1n) is 10.2. The minimum absolute atomic E-state index is 0.0414. The quantitative estimate of drug-likeness (QED) is 0.830. The van der Waals surface area contributed by atoms with Crippen molar-refractivity contribution in [1.82, 2.24) is 15.4 Å². The largest absolute Gasteiger partial charge is 0.379 e. The normalized spacial score (nSPS) is 23.8. The molecule has 6 heteroatoms. The predicted molar refractivity (Wildman–Crippen MR) is 106 cm³/mol. The number of carbonyl (C=O) groups is 1. The Morgan fingerprint density at radius 2 is 2.00 bits per heavy atom. The summed E-state index contributed by atoms with van der Waals surface area (Å²) in [6, 6.07) is 12.7. The number of carbonyl (C=O) groups excluding carboxylic acids is 1. The Morgan fingerprint density at radius 1 is 1.21 bits per heavy atom. The lowest BCUT2D eigenvalue weighted by Crippen LogP contribution is -2.46. The predicted octanol–water partition coefficient (Wildman–Crippen LogP) is 2.54. The molecule has 2 aliphatic heterocycles. The van der Waals surface area contributed by atoms with E-state index in [0.717, 1.165) is 43.8 Å². The van der Waals surface area contributed by atoms with Gasteiger partial charge in [0, 0.05) is 18.4 Å². The van der Waals surface area contributed by atoms with E-state index >= 15 is 0 Å². The van der Waals surface area contributed by atoms with Gasteiger partial charge in [0.15, 0.2) is 0 Å². The summed E-state index contributed by atoms with van der Waals surface area (Å²) in [6.07, 6.45) is 2.96. The molecule has 2 fully saturated rings. The van der Waals surface area contributed by atoms with Crippen LogP contribution in [-0.4, -0.2) is 54.9 Å². The van der Waals surface area contributed by atoms with E-state index in [1.165, 1.54) is 5.56 Å². The zero-order chi connectivity index (χ0) is 19.3. The topological polar surface area (TPSA) is 67.6 Å². The molecule has 1 aromatic heterocycles. The summed E-state index contributed by atoms with van der Waals surface area (Å²) in [6.45, 7) is 5.53. The van der Waals surface area contributed by atoms with E-state index in [1.807, 2.05) is 13.0 Å². The highest BCUT2D eigenvalue weighted by Gasteiger charge is 2.31. The monoisotopic (exact) mass is 383 g/mol. The summed E-state index contributed by atoms with van der Waals surface area (Å²) >= 11 is 0. The van der Waals surface area contributed by atoms with Gasteiger partial charge in [0.1, 0.15) is 5.76 Å². The third kappa shape index (κ3) is 4.80.